The van der Waals surface area contributed by atoms with Crippen molar-refractivity contribution < 1.29 is 19.8 Å². The molecule has 0 rings (SSSR count). The first-order chi connectivity index (χ1) is 20.8. The summed E-state index contributed by atoms with van der Waals surface area (Å²) in [5.41, 5.74) is 0. The van der Waals surface area contributed by atoms with Gasteiger partial charge in [-0.25, -0.2) is 0 Å². The average molecular weight is 625 g/mol. The summed E-state index contributed by atoms with van der Waals surface area (Å²) in [5, 5.41) is 17.3. The van der Waals surface area contributed by atoms with E-state index < -0.39 is 20.0 Å². The lowest BCUT2D eigenvalue weighted by atomic mass is 10.0. The number of hydrogen-bond acceptors (Lipinski definition) is 2. The second kappa shape index (κ2) is 32.5. The third-order valence-corrected chi connectivity index (χ3v) is 12.9. The average Bonchev–Trinajstić information content (AvgIpc) is 2.96. The van der Waals surface area contributed by atoms with E-state index in [4.69, 9.17) is 10.2 Å². The zero-order valence-electron chi connectivity index (χ0n) is 29.3. The van der Waals surface area contributed by atoms with Gasteiger partial charge in [0.1, 0.15) is 0 Å². The van der Waals surface area contributed by atoms with Gasteiger partial charge >= 0.3 is 11.9 Å². The first-order valence-corrected chi connectivity index (χ1v) is 22.7. The molecule has 0 saturated heterocycles. The fourth-order valence-electron chi connectivity index (χ4n) is 6.48. The van der Waals surface area contributed by atoms with E-state index in [1.165, 1.54) is 179 Å². The Morgan fingerprint density at radius 1 is 0.326 bits per heavy atom. The predicted octanol–water partition coefficient (Wildman–Crippen LogP) is 13.3. The number of carboxylic acid groups (broad SMARTS) is 2. The lowest BCUT2D eigenvalue weighted by Crippen LogP contribution is -2.24. The molecule has 256 valence electrons. The van der Waals surface area contributed by atoms with Crippen LogP contribution in [0.3, 0.4) is 0 Å². The molecular weight excluding hydrogens is 549 g/mol. The third kappa shape index (κ3) is 37.3. The van der Waals surface area contributed by atoms with Crippen molar-refractivity contribution in [3.05, 3.63) is 0 Å². The molecule has 2 N–H and O–H groups in total. The summed E-state index contributed by atoms with van der Waals surface area (Å²) in [4.78, 5) is 21.0. The minimum Gasteiger partial charge on any atom is -0.481 e. The quantitative estimate of drug-likeness (QED) is 0.0537. The van der Waals surface area contributed by atoms with Crippen LogP contribution in [0, 0.1) is 0 Å². The highest BCUT2D eigenvalue weighted by atomic mass is 28.3. The van der Waals surface area contributed by atoms with Crippen molar-refractivity contribution in [3.63, 3.8) is 0 Å². The molecule has 0 aliphatic rings. The van der Waals surface area contributed by atoms with Gasteiger partial charge in [-0.15, -0.1) is 0 Å². The van der Waals surface area contributed by atoms with E-state index in [2.05, 4.69) is 13.1 Å². The predicted molar refractivity (Wildman–Crippen MR) is 190 cm³/mol. The van der Waals surface area contributed by atoms with Crippen LogP contribution in [-0.2, 0) is 9.59 Å². The van der Waals surface area contributed by atoms with E-state index in [1.54, 1.807) is 0 Å². The summed E-state index contributed by atoms with van der Waals surface area (Å²) < 4.78 is 0. The molecule has 0 aromatic carbocycles. The molecule has 0 spiro atoms. The summed E-state index contributed by atoms with van der Waals surface area (Å²) in [6, 6.07) is 3.08. The Kier molecular flexibility index (Phi) is 31.9. The number of rotatable bonds is 36. The first-order valence-electron chi connectivity index (χ1n) is 19.3. The van der Waals surface area contributed by atoms with Gasteiger partial charge in [-0.2, -0.15) is 0 Å². The SMILES string of the molecule is C[Si](C)(CCCCCCCCCCCCCCCCCC(=O)O)CCCCCCCCCCCCCCCCCC(=O)O. The van der Waals surface area contributed by atoms with E-state index in [0.717, 1.165) is 25.7 Å². The standard InChI is InChI=1S/C38H76O4Si/c1-43(2,35-31-27-23-19-15-11-7-3-5-9-13-17-21-25-29-33-37(39)40)36-32-28-24-20-16-12-8-4-6-10-14-18-22-26-30-34-38(41)42/h3-36H2,1-2H3,(H,39,40)(H,41,42). The maximum Gasteiger partial charge on any atom is 0.303 e. The van der Waals surface area contributed by atoms with E-state index in [9.17, 15) is 9.59 Å². The van der Waals surface area contributed by atoms with Crippen LogP contribution in [0.1, 0.15) is 205 Å². The highest BCUT2D eigenvalue weighted by Gasteiger charge is 2.19. The van der Waals surface area contributed by atoms with Crippen LogP contribution in [0.4, 0.5) is 0 Å². The van der Waals surface area contributed by atoms with Crippen molar-refractivity contribution in [1.29, 1.82) is 0 Å². The highest BCUT2D eigenvalue weighted by molar-refractivity contribution is 6.77. The van der Waals surface area contributed by atoms with Crippen LogP contribution in [0.15, 0.2) is 0 Å². The van der Waals surface area contributed by atoms with Crippen molar-refractivity contribution in [1.82, 2.24) is 0 Å². The Labute approximate surface area is 270 Å². The zero-order chi connectivity index (χ0) is 31.7. The van der Waals surface area contributed by atoms with Crippen molar-refractivity contribution in [2.75, 3.05) is 0 Å². The van der Waals surface area contributed by atoms with Gasteiger partial charge < -0.3 is 10.2 Å². The van der Waals surface area contributed by atoms with Crippen molar-refractivity contribution in [2.45, 2.75) is 231 Å². The van der Waals surface area contributed by atoms with Crippen molar-refractivity contribution >= 4 is 20.0 Å². The molecule has 5 heteroatoms. The first kappa shape index (κ1) is 42.2. The molecule has 0 unspecified atom stereocenters. The number of hydrogen-bond donors (Lipinski definition) is 2. The summed E-state index contributed by atoms with van der Waals surface area (Å²) in [7, 11) is -0.974. The van der Waals surface area contributed by atoms with Gasteiger partial charge in [0, 0.05) is 20.9 Å². The molecule has 0 fully saturated rings. The maximum atomic E-state index is 10.5. The fourth-order valence-corrected chi connectivity index (χ4v) is 9.14. The molecule has 0 aromatic rings. The van der Waals surface area contributed by atoms with E-state index >= 15 is 0 Å². The molecule has 0 aliphatic carbocycles. The summed E-state index contributed by atoms with van der Waals surface area (Å²) >= 11 is 0. The van der Waals surface area contributed by atoms with Gasteiger partial charge in [0.15, 0.2) is 0 Å². The Morgan fingerprint density at radius 2 is 0.488 bits per heavy atom. The number of aliphatic carboxylic acids is 2. The highest BCUT2D eigenvalue weighted by Crippen LogP contribution is 2.24. The van der Waals surface area contributed by atoms with Crippen LogP contribution in [0.25, 0.3) is 0 Å². The van der Waals surface area contributed by atoms with E-state index in [1.807, 2.05) is 0 Å². The molecule has 43 heavy (non-hydrogen) atoms. The molecule has 0 saturated carbocycles. The smallest absolute Gasteiger partial charge is 0.303 e. The Bertz CT molecular complexity index is 557. The molecule has 0 aliphatic heterocycles. The summed E-state index contributed by atoms with van der Waals surface area (Å²) in [6.45, 7) is 5.26. The van der Waals surface area contributed by atoms with Crippen LogP contribution in [-0.4, -0.2) is 30.2 Å². The lowest BCUT2D eigenvalue weighted by molar-refractivity contribution is -0.138. The Balaban J connectivity index is 3.28. The molecular formula is C38H76O4Si. The zero-order valence-corrected chi connectivity index (χ0v) is 30.3. The van der Waals surface area contributed by atoms with E-state index in [-0.39, 0.29) is 0 Å². The van der Waals surface area contributed by atoms with Gasteiger partial charge in [0.05, 0.1) is 0 Å². The fraction of sp³-hybridized carbons (Fsp3) is 0.947. The summed E-state index contributed by atoms with van der Waals surface area (Å²) in [6.07, 6.45) is 40.7. The van der Waals surface area contributed by atoms with Gasteiger partial charge in [0.25, 0.3) is 0 Å². The molecule has 0 radical (unpaired) electrons. The minimum atomic E-state index is -0.974. The molecule has 0 amide bonds. The van der Waals surface area contributed by atoms with Crippen molar-refractivity contribution in [2.24, 2.45) is 0 Å². The molecule has 0 bridgehead atoms. The second-order valence-corrected chi connectivity index (χ2v) is 19.9. The van der Waals surface area contributed by atoms with Crippen LogP contribution in [0.2, 0.25) is 25.2 Å². The van der Waals surface area contributed by atoms with E-state index in [0.29, 0.717) is 12.8 Å². The molecule has 0 aromatic heterocycles. The molecule has 4 nitrogen and oxygen atoms in total. The van der Waals surface area contributed by atoms with Crippen LogP contribution < -0.4 is 0 Å². The van der Waals surface area contributed by atoms with Gasteiger partial charge in [-0.1, -0.05) is 205 Å². The largest absolute Gasteiger partial charge is 0.481 e. The topological polar surface area (TPSA) is 74.6 Å². The van der Waals surface area contributed by atoms with Crippen LogP contribution >= 0.6 is 0 Å². The monoisotopic (exact) mass is 625 g/mol. The number of carbonyl (C=O) groups is 2. The molecule has 0 atom stereocenters. The summed E-state index contributed by atoms with van der Waals surface area (Å²) in [5.74, 6) is -1.31. The second-order valence-electron chi connectivity index (χ2n) is 14.6. The molecule has 0 heterocycles. The van der Waals surface area contributed by atoms with Gasteiger partial charge in [0.2, 0.25) is 0 Å². The maximum absolute atomic E-state index is 10.5. The number of carboxylic acids is 2. The Hall–Kier alpha value is -0.843. The number of unbranched alkanes of at least 4 members (excludes halogenated alkanes) is 28. The minimum absolute atomic E-state index is 0.340. The lowest BCUT2D eigenvalue weighted by Gasteiger charge is -2.22. The Morgan fingerprint density at radius 3 is 0.674 bits per heavy atom. The van der Waals surface area contributed by atoms with Crippen LogP contribution in [0.5, 0.6) is 0 Å². The van der Waals surface area contributed by atoms with Crippen molar-refractivity contribution in [3.8, 4) is 0 Å². The normalized spacial score (nSPS) is 11.8. The van der Waals surface area contributed by atoms with Gasteiger partial charge in [-0.3, -0.25) is 9.59 Å². The van der Waals surface area contributed by atoms with Gasteiger partial charge in [-0.05, 0) is 12.8 Å². The third-order valence-electron chi connectivity index (χ3n) is 9.49.